The lowest BCUT2D eigenvalue weighted by molar-refractivity contribution is -0.138. The highest BCUT2D eigenvalue weighted by Crippen LogP contribution is 2.48. The molecule has 1 amide bonds. The summed E-state index contributed by atoms with van der Waals surface area (Å²) in [6.07, 6.45) is 7.54. The number of thioether (sulfide) groups is 1. The van der Waals surface area contributed by atoms with Crippen LogP contribution in [0.3, 0.4) is 0 Å². The second-order valence-electron chi connectivity index (χ2n) is 6.42. The molecule has 2 rings (SSSR count). The fourth-order valence-corrected chi connectivity index (χ4v) is 4.49. The Labute approximate surface area is 131 Å². The number of nitrogens with zero attached hydrogens (tertiary/aromatic N) is 1. The largest absolute Gasteiger partial charge is 0.481 e. The maximum atomic E-state index is 12.1. The van der Waals surface area contributed by atoms with Crippen LogP contribution in [0.15, 0.2) is 11.6 Å². The summed E-state index contributed by atoms with van der Waals surface area (Å²) in [6, 6.07) is 0. The molecule has 21 heavy (non-hydrogen) atoms. The van der Waals surface area contributed by atoms with E-state index in [4.69, 9.17) is 5.11 Å². The maximum Gasteiger partial charge on any atom is 0.305 e. The molecule has 1 aliphatic heterocycles. The summed E-state index contributed by atoms with van der Waals surface area (Å²) >= 11 is 1.72. The standard InChI is InChI=1S/C16H25NO3S/c1-12(2)3-4-13-5-8-16(9-6-13)17(10-7-15(19)20)14(18)11-21-16/h4,12H,3,5-11H2,1-2H3,(H,19,20). The third-order valence-corrected chi connectivity index (χ3v) is 5.92. The van der Waals surface area contributed by atoms with Crippen molar-refractivity contribution in [3.8, 4) is 0 Å². The molecule has 0 bridgehead atoms. The highest BCUT2D eigenvalue weighted by atomic mass is 32.2. The number of hydrogen-bond acceptors (Lipinski definition) is 3. The molecule has 1 saturated heterocycles. The van der Waals surface area contributed by atoms with Gasteiger partial charge < -0.3 is 10.0 Å². The van der Waals surface area contributed by atoms with E-state index in [2.05, 4.69) is 19.9 Å². The lowest BCUT2D eigenvalue weighted by Gasteiger charge is -2.41. The summed E-state index contributed by atoms with van der Waals surface area (Å²) in [4.78, 5) is 24.5. The van der Waals surface area contributed by atoms with Crippen LogP contribution in [-0.2, 0) is 9.59 Å². The van der Waals surface area contributed by atoms with Crippen LogP contribution in [0.25, 0.3) is 0 Å². The van der Waals surface area contributed by atoms with Crippen LogP contribution in [0, 0.1) is 5.92 Å². The lowest BCUT2D eigenvalue weighted by Crippen LogP contribution is -2.46. The number of aliphatic carboxylic acids is 1. The molecule has 1 aliphatic carbocycles. The molecule has 0 radical (unpaired) electrons. The van der Waals surface area contributed by atoms with Gasteiger partial charge in [-0.15, -0.1) is 11.8 Å². The predicted octanol–water partition coefficient (Wildman–Crippen LogP) is 3.28. The van der Waals surface area contributed by atoms with Gasteiger partial charge in [0.05, 0.1) is 17.0 Å². The molecule has 1 N–H and O–H groups in total. The first-order valence-corrected chi connectivity index (χ1v) is 8.75. The average Bonchev–Trinajstić information content (AvgIpc) is 2.73. The SMILES string of the molecule is CC(C)CC=C1CCC2(CC1)SCC(=O)N2CCC(=O)O. The summed E-state index contributed by atoms with van der Waals surface area (Å²) in [5.41, 5.74) is 1.51. The Morgan fingerprint density at radius 1 is 1.43 bits per heavy atom. The molecule has 0 aromatic carbocycles. The number of carboxylic acids is 1. The van der Waals surface area contributed by atoms with Crippen molar-refractivity contribution in [3.63, 3.8) is 0 Å². The Hall–Kier alpha value is -0.970. The van der Waals surface area contributed by atoms with Gasteiger partial charge in [0.2, 0.25) is 5.91 Å². The van der Waals surface area contributed by atoms with E-state index < -0.39 is 5.97 Å². The molecule has 0 aromatic heterocycles. The second kappa shape index (κ2) is 6.86. The Kier molecular flexibility index (Phi) is 5.36. The van der Waals surface area contributed by atoms with Gasteiger partial charge in [-0.2, -0.15) is 0 Å². The highest BCUT2D eigenvalue weighted by molar-refractivity contribution is 8.01. The van der Waals surface area contributed by atoms with Gasteiger partial charge in [0.25, 0.3) is 0 Å². The van der Waals surface area contributed by atoms with Gasteiger partial charge in [-0.3, -0.25) is 9.59 Å². The van der Waals surface area contributed by atoms with Crippen LogP contribution in [0.5, 0.6) is 0 Å². The summed E-state index contributed by atoms with van der Waals surface area (Å²) in [5, 5.41) is 8.86. The second-order valence-corrected chi connectivity index (χ2v) is 7.75. The Morgan fingerprint density at radius 3 is 2.67 bits per heavy atom. The quantitative estimate of drug-likeness (QED) is 0.792. The molecular weight excluding hydrogens is 286 g/mol. The minimum atomic E-state index is -0.830. The number of carboxylic acid groups (broad SMARTS) is 1. The molecule has 0 unspecified atom stereocenters. The summed E-state index contributed by atoms with van der Waals surface area (Å²) in [7, 11) is 0. The van der Waals surface area contributed by atoms with Crippen LogP contribution in [-0.4, -0.2) is 39.1 Å². The van der Waals surface area contributed by atoms with Gasteiger partial charge >= 0.3 is 5.97 Å². The number of rotatable bonds is 5. The van der Waals surface area contributed by atoms with Crippen LogP contribution in [0.2, 0.25) is 0 Å². The number of carbonyl (C=O) groups excluding carboxylic acids is 1. The van der Waals surface area contributed by atoms with E-state index in [1.165, 1.54) is 5.57 Å². The first-order chi connectivity index (χ1) is 9.93. The average molecular weight is 311 g/mol. The maximum absolute atomic E-state index is 12.1. The Balaban J connectivity index is 1.98. The molecule has 5 heteroatoms. The fourth-order valence-electron chi connectivity index (χ4n) is 3.10. The van der Waals surface area contributed by atoms with E-state index in [-0.39, 0.29) is 17.2 Å². The normalized spacial score (nSPS) is 26.0. The monoisotopic (exact) mass is 311 g/mol. The Bertz CT molecular complexity index is 435. The number of amides is 1. The first-order valence-electron chi connectivity index (χ1n) is 7.77. The van der Waals surface area contributed by atoms with Crippen molar-refractivity contribution in [1.82, 2.24) is 4.90 Å². The van der Waals surface area contributed by atoms with Crippen LogP contribution in [0.1, 0.15) is 52.4 Å². The molecule has 1 saturated carbocycles. The minimum absolute atomic E-state index is 0.0457. The van der Waals surface area contributed by atoms with Gasteiger partial charge in [-0.05, 0) is 38.0 Å². The summed E-state index contributed by atoms with van der Waals surface area (Å²) < 4.78 is 0. The van der Waals surface area contributed by atoms with Crippen molar-refractivity contribution in [2.75, 3.05) is 12.3 Å². The number of carbonyl (C=O) groups is 2. The zero-order chi connectivity index (χ0) is 15.5. The molecule has 2 fully saturated rings. The van der Waals surface area contributed by atoms with Crippen molar-refractivity contribution >= 4 is 23.6 Å². The van der Waals surface area contributed by atoms with E-state index in [1.54, 1.807) is 11.8 Å². The molecule has 1 heterocycles. The van der Waals surface area contributed by atoms with Gasteiger partial charge in [0.1, 0.15) is 0 Å². The topological polar surface area (TPSA) is 57.6 Å². The number of hydrogen-bond donors (Lipinski definition) is 1. The van der Waals surface area contributed by atoms with E-state index in [9.17, 15) is 9.59 Å². The first kappa shape index (κ1) is 16.4. The zero-order valence-corrected chi connectivity index (χ0v) is 13.7. The minimum Gasteiger partial charge on any atom is -0.481 e. The highest BCUT2D eigenvalue weighted by Gasteiger charge is 2.46. The van der Waals surface area contributed by atoms with Crippen molar-refractivity contribution in [2.24, 2.45) is 5.92 Å². The van der Waals surface area contributed by atoms with E-state index in [0.29, 0.717) is 18.2 Å². The van der Waals surface area contributed by atoms with Crippen LogP contribution >= 0.6 is 11.8 Å². The molecule has 1 spiro atoms. The number of allylic oxidation sites excluding steroid dienone is 2. The van der Waals surface area contributed by atoms with Gasteiger partial charge in [-0.25, -0.2) is 0 Å². The molecule has 0 atom stereocenters. The van der Waals surface area contributed by atoms with E-state index in [1.807, 2.05) is 4.90 Å². The smallest absolute Gasteiger partial charge is 0.305 e. The molecule has 118 valence electrons. The Morgan fingerprint density at radius 2 is 2.10 bits per heavy atom. The van der Waals surface area contributed by atoms with Gasteiger partial charge in [0, 0.05) is 6.54 Å². The van der Waals surface area contributed by atoms with Crippen LogP contribution < -0.4 is 0 Å². The summed E-state index contributed by atoms with van der Waals surface area (Å²) in [5.74, 6) is 0.465. The van der Waals surface area contributed by atoms with Gasteiger partial charge in [0.15, 0.2) is 0 Å². The van der Waals surface area contributed by atoms with Crippen molar-refractivity contribution in [2.45, 2.75) is 57.2 Å². The third-order valence-electron chi connectivity index (χ3n) is 4.36. The van der Waals surface area contributed by atoms with Crippen molar-refractivity contribution in [3.05, 3.63) is 11.6 Å². The zero-order valence-electron chi connectivity index (χ0n) is 12.9. The summed E-state index contributed by atoms with van der Waals surface area (Å²) in [6.45, 7) is 4.80. The van der Waals surface area contributed by atoms with Crippen LogP contribution in [0.4, 0.5) is 0 Å². The molecule has 0 aromatic rings. The predicted molar refractivity (Wildman–Crippen MR) is 85.2 cm³/mol. The van der Waals surface area contributed by atoms with Gasteiger partial charge in [-0.1, -0.05) is 25.5 Å². The van der Waals surface area contributed by atoms with E-state index in [0.717, 1.165) is 32.1 Å². The van der Waals surface area contributed by atoms with E-state index >= 15 is 0 Å². The third kappa shape index (κ3) is 4.02. The van der Waals surface area contributed by atoms with Crippen molar-refractivity contribution < 1.29 is 14.7 Å². The van der Waals surface area contributed by atoms with Crippen molar-refractivity contribution in [1.29, 1.82) is 0 Å². The lowest BCUT2D eigenvalue weighted by atomic mass is 9.88. The fraction of sp³-hybridized carbons (Fsp3) is 0.750. The molecule has 2 aliphatic rings. The molecular formula is C16H25NO3S. The molecule has 4 nitrogen and oxygen atoms in total.